The van der Waals surface area contributed by atoms with Crippen LogP contribution in [0.1, 0.15) is 49.4 Å². The fourth-order valence-electron chi connectivity index (χ4n) is 6.46. The van der Waals surface area contributed by atoms with Gasteiger partial charge in [-0.2, -0.15) is 0 Å². The van der Waals surface area contributed by atoms with Gasteiger partial charge in [0.2, 0.25) is 0 Å². The van der Waals surface area contributed by atoms with E-state index >= 15 is 0 Å². The monoisotopic (exact) mass is 520 g/mol. The zero-order valence-electron chi connectivity index (χ0n) is 22.9. The van der Waals surface area contributed by atoms with Gasteiger partial charge in [-0.1, -0.05) is 128 Å². The van der Waals surface area contributed by atoms with Gasteiger partial charge in [-0.25, -0.2) is 0 Å². The second kappa shape index (κ2) is 12.9. The van der Waals surface area contributed by atoms with Crippen molar-refractivity contribution in [1.82, 2.24) is 10.2 Å². The van der Waals surface area contributed by atoms with Crippen LogP contribution in [0.4, 0.5) is 0 Å². The van der Waals surface area contributed by atoms with Gasteiger partial charge in [-0.3, -0.25) is 0 Å². The summed E-state index contributed by atoms with van der Waals surface area (Å²) in [7, 11) is 4.00. The number of hydrogen-bond acceptors (Lipinski definition) is 2. The summed E-state index contributed by atoms with van der Waals surface area (Å²) in [5.41, 5.74) is 3.37. The lowest BCUT2D eigenvalue weighted by molar-refractivity contribution is 0.207. The Kier molecular flexibility index (Phi) is 9.07. The van der Waals surface area contributed by atoms with E-state index in [2.05, 4.69) is 153 Å². The van der Waals surface area contributed by atoms with Gasteiger partial charge in [0.25, 0.3) is 0 Å². The molecule has 0 radical (unpaired) electrons. The third-order valence-electron chi connectivity index (χ3n) is 8.19. The maximum Gasteiger partial charge on any atom is 0.0538 e. The van der Waals surface area contributed by atoms with Crippen LogP contribution in [0.2, 0.25) is 0 Å². The molecule has 4 aromatic rings. The van der Waals surface area contributed by atoms with Crippen molar-refractivity contribution in [1.29, 1.82) is 0 Å². The fraction of sp³-hybridized carbons (Fsp3) is 0.314. The average molecular weight is 521 g/mol. The van der Waals surface area contributed by atoms with Crippen molar-refractivity contribution in [3.05, 3.63) is 132 Å². The van der Waals surface area contributed by atoms with Crippen LogP contribution in [0.3, 0.4) is 0 Å². The Bertz CT molecular complexity index is 1190. The molecule has 1 saturated carbocycles. The number of rotatable bonds is 10. The van der Waals surface area contributed by atoms with Gasteiger partial charge in [0.05, 0.1) is 12.1 Å². The Morgan fingerprint density at radius 1 is 0.658 bits per heavy atom. The van der Waals surface area contributed by atoms with E-state index in [9.17, 15) is 0 Å². The van der Waals surface area contributed by atoms with Crippen LogP contribution in [-0.4, -0.2) is 30.7 Å². The molecule has 5 rings (SSSR count). The SMILES string of the molecule is C[C@@H](N[C@@H](c1ccccc1)[C@H](c1ccccc1)N(C)C)[C@@H]1CCCC1P(c1ccccc1)c1ccccc1. The predicted molar refractivity (Wildman–Crippen MR) is 165 cm³/mol. The molecular weight excluding hydrogens is 479 g/mol. The number of nitrogens with zero attached hydrogens (tertiary/aromatic N) is 1. The van der Waals surface area contributed by atoms with Gasteiger partial charge in [0.15, 0.2) is 0 Å². The van der Waals surface area contributed by atoms with Crippen LogP contribution in [-0.2, 0) is 0 Å². The van der Waals surface area contributed by atoms with E-state index in [0.29, 0.717) is 17.6 Å². The molecule has 2 nitrogen and oxygen atoms in total. The van der Waals surface area contributed by atoms with Crippen LogP contribution in [0.15, 0.2) is 121 Å². The van der Waals surface area contributed by atoms with Gasteiger partial charge in [0.1, 0.15) is 0 Å². The van der Waals surface area contributed by atoms with Crippen molar-refractivity contribution < 1.29 is 0 Å². The second-order valence-corrected chi connectivity index (χ2v) is 13.3. The zero-order chi connectivity index (χ0) is 26.3. The molecular formula is C35H41N2P. The molecule has 1 unspecified atom stereocenters. The molecule has 1 aliphatic carbocycles. The molecule has 38 heavy (non-hydrogen) atoms. The molecule has 0 heterocycles. The summed E-state index contributed by atoms with van der Waals surface area (Å²) in [5.74, 6) is 0.631. The first-order valence-electron chi connectivity index (χ1n) is 14.0. The molecule has 1 fully saturated rings. The summed E-state index contributed by atoms with van der Waals surface area (Å²) in [5, 5.41) is 7.23. The molecule has 0 saturated heterocycles. The molecule has 4 aromatic carbocycles. The summed E-state index contributed by atoms with van der Waals surface area (Å²) < 4.78 is 0. The topological polar surface area (TPSA) is 15.3 Å². The smallest absolute Gasteiger partial charge is 0.0538 e. The minimum atomic E-state index is -0.425. The van der Waals surface area contributed by atoms with Crippen LogP contribution < -0.4 is 15.9 Å². The predicted octanol–water partition coefficient (Wildman–Crippen LogP) is 7.31. The van der Waals surface area contributed by atoms with Crippen LogP contribution in [0, 0.1) is 5.92 Å². The van der Waals surface area contributed by atoms with Crippen molar-refractivity contribution >= 4 is 18.5 Å². The first kappa shape index (κ1) is 26.8. The first-order valence-corrected chi connectivity index (χ1v) is 15.5. The Morgan fingerprint density at radius 2 is 1.13 bits per heavy atom. The molecule has 1 N–H and O–H groups in total. The second-order valence-electron chi connectivity index (χ2n) is 10.9. The van der Waals surface area contributed by atoms with Crippen LogP contribution in [0.25, 0.3) is 0 Å². The highest BCUT2D eigenvalue weighted by Gasteiger charge is 2.39. The van der Waals surface area contributed by atoms with Crippen molar-refractivity contribution in [3.63, 3.8) is 0 Å². The minimum Gasteiger partial charge on any atom is -0.306 e. The normalized spacial score (nSPS) is 19.9. The molecule has 5 atom stereocenters. The van der Waals surface area contributed by atoms with Gasteiger partial charge in [-0.05, 0) is 75.1 Å². The minimum absolute atomic E-state index is 0.199. The number of hydrogen-bond donors (Lipinski definition) is 1. The van der Waals surface area contributed by atoms with Crippen molar-refractivity contribution in [2.75, 3.05) is 14.1 Å². The van der Waals surface area contributed by atoms with E-state index in [1.54, 1.807) is 0 Å². The zero-order valence-corrected chi connectivity index (χ0v) is 23.8. The molecule has 0 aliphatic heterocycles. The number of likely N-dealkylation sites (N-methyl/N-ethyl adjacent to an activating group) is 1. The highest BCUT2D eigenvalue weighted by molar-refractivity contribution is 7.73. The molecule has 1 aliphatic rings. The van der Waals surface area contributed by atoms with Crippen molar-refractivity contribution in [3.8, 4) is 0 Å². The largest absolute Gasteiger partial charge is 0.306 e. The Hall–Kier alpha value is -2.77. The van der Waals surface area contributed by atoms with E-state index in [0.717, 1.165) is 0 Å². The summed E-state index contributed by atoms with van der Waals surface area (Å²) in [6, 6.07) is 45.5. The highest BCUT2D eigenvalue weighted by atomic mass is 31.1. The van der Waals surface area contributed by atoms with E-state index in [-0.39, 0.29) is 12.1 Å². The molecule has 3 heteroatoms. The first-order chi connectivity index (χ1) is 18.6. The van der Waals surface area contributed by atoms with Crippen LogP contribution in [0.5, 0.6) is 0 Å². The highest BCUT2D eigenvalue weighted by Crippen LogP contribution is 2.51. The fourth-order valence-corrected chi connectivity index (χ4v) is 9.74. The lowest BCUT2D eigenvalue weighted by Gasteiger charge is -2.39. The van der Waals surface area contributed by atoms with Gasteiger partial charge < -0.3 is 10.2 Å². The Morgan fingerprint density at radius 3 is 1.63 bits per heavy atom. The van der Waals surface area contributed by atoms with E-state index in [1.165, 1.54) is 41.0 Å². The maximum atomic E-state index is 4.21. The van der Waals surface area contributed by atoms with E-state index in [4.69, 9.17) is 0 Å². The third kappa shape index (κ3) is 6.10. The third-order valence-corrected chi connectivity index (χ3v) is 11.2. The van der Waals surface area contributed by atoms with Crippen molar-refractivity contribution in [2.45, 2.75) is 50.0 Å². The summed E-state index contributed by atoms with van der Waals surface area (Å²) in [6.07, 6.45) is 3.90. The lowest BCUT2D eigenvalue weighted by Crippen LogP contribution is -2.44. The molecule has 0 bridgehead atoms. The van der Waals surface area contributed by atoms with Crippen molar-refractivity contribution in [2.24, 2.45) is 5.92 Å². The summed E-state index contributed by atoms with van der Waals surface area (Å²) >= 11 is 0. The molecule has 0 aromatic heterocycles. The molecule has 196 valence electrons. The van der Waals surface area contributed by atoms with E-state index in [1.807, 2.05) is 0 Å². The van der Waals surface area contributed by atoms with Gasteiger partial charge >= 0.3 is 0 Å². The van der Waals surface area contributed by atoms with E-state index < -0.39 is 7.92 Å². The maximum absolute atomic E-state index is 4.21. The molecule has 0 spiro atoms. The molecule has 0 amide bonds. The number of benzene rings is 4. The summed E-state index contributed by atoms with van der Waals surface area (Å²) in [6.45, 7) is 2.44. The number of nitrogens with one attached hydrogen (secondary N) is 1. The quantitative estimate of drug-likeness (QED) is 0.221. The standard InChI is InChI=1S/C35H41N2P/c1-27(36-34(28-17-8-4-9-18-28)35(37(2)3)29-19-10-5-11-20-29)32-25-16-26-33(32)38(30-21-12-6-13-22-30)31-23-14-7-15-24-31/h4-15,17-24,27,32-36H,16,25-26H2,1-3H3/t27-,32+,33?,34+,35+/m1/s1. The summed E-state index contributed by atoms with van der Waals surface area (Å²) in [4.78, 5) is 2.37. The Labute approximate surface area is 230 Å². The lowest BCUT2D eigenvalue weighted by atomic mass is 9.90. The van der Waals surface area contributed by atoms with Gasteiger partial charge in [0, 0.05) is 6.04 Å². The van der Waals surface area contributed by atoms with Crippen LogP contribution >= 0.6 is 7.92 Å². The average Bonchev–Trinajstić information content (AvgIpc) is 3.44. The Balaban J connectivity index is 1.48. The van der Waals surface area contributed by atoms with Gasteiger partial charge in [-0.15, -0.1) is 0 Å².